The molecular weight excluding hydrogens is 251 g/mol. The molecule has 0 amide bonds. The minimum atomic E-state index is -1.19. The number of nitrogens with zero attached hydrogens (tertiary/aromatic N) is 1. The maximum atomic E-state index is 12.8. The van der Waals surface area contributed by atoms with Gasteiger partial charge in [0.2, 0.25) is 0 Å². The average Bonchev–Trinajstić information content (AvgIpc) is 2.08. The number of hydrogen-bond acceptors (Lipinski definition) is 1. The topological polar surface area (TPSA) is 23.8 Å². The lowest BCUT2D eigenvalue weighted by molar-refractivity contribution is 0.502. The van der Waals surface area contributed by atoms with E-state index in [0.717, 1.165) is 6.07 Å². The normalized spacial score (nSPS) is 9.58. The molecule has 1 aromatic carbocycles. The molecule has 0 aliphatic rings. The highest BCUT2D eigenvalue weighted by Gasteiger charge is 2.15. The fraction of sp³-hybridized carbons (Fsp3) is 0. The van der Waals surface area contributed by atoms with Gasteiger partial charge < -0.3 is 0 Å². The van der Waals surface area contributed by atoms with Crippen LogP contribution < -0.4 is 0 Å². The van der Waals surface area contributed by atoms with E-state index in [1.54, 1.807) is 0 Å². The highest BCUT2D eigenvalue weighted by Crippen LogP contribution is 2.29. The molecule has 0 atom stereocenters. The van der Waals surface area contributed by atoms with Gasteiger partial charge in [0.15, 0.2) is 11.6 Å². The molecule has 62 valence electrons. The molecule has 0 N–H and O–H groups in total. The van der Waals surface area contributed by atoms with E-state index in [2.05, 4.69) is 15.9 Å². The second-order valence-corrected chi connectivity index (χ2v) is 3.16. The summed E-state index contributed by atoms with van der Waals surface area (Å²) in [6, 6.07) is 2.54. The van der Waals surface area contributed by atoms with Crippen molar-refractivity contribution in [1.29, 1.82) is 5.26 Å². The van der Waals surface area contributed by atoms with Crippen LogP contribution in [0.1, 0.15) is 5.56 Å². The van der Waals surface area contributed by atoms with Gasteiger partial charge in [0.1, 0.15) is 6.07 Å². The lowest BCUT2D eigenvalue weighted by Gasteiger charge is -2.00. The molecule has 0 unspecified atom stereocenters. The molecule has 1 rings (SSSR count). The Morgan fingerprint density at radius 2 is 2.00 bits per heavy atom. The molecule has 0 bridgehead atoms. The minimum Gasteiger partial charge on any atom is -0.202 e. The Bertz CT molecular complexity index is 373. The zero-order valence-corrected chi connectivity index (χ0v) is 7.88. The molecule has 1 aromatic rings. The second kappa shape index (κ2) is 3.38. The van der Waals surface area contributed by atoms with Crippen LogP contribution in [0.5, 0.6) is 0 Å². The summed E-state index contributed by atoms with van der Waals surface area (Å²) in [6.45, 7) is 0. The van der Waals surface area contributed by atoms with Crippen LogP contribution in [0.15, 0.2) is 10.5 Å². The monoisotopic (exact) mass is 251 g/mol. The van der Waals surface area contributed by atoms with Gasteiger partial charge in [-0.1, -0.05) is 11.6 Å². The van der Waals surface area contributed by atoms with Crippen molar-refractivity contribution in [2.45, 2.75) is 0 Å². The van der Waals surface area contributed by atoms with E-state index < -0.39 is 17.2 Å². The van der Waals surface area contributed by atoms with Gasteiger partial charge in [-0.3, -0.25) is 0 Å². The second-order valence-electron chi connectivity index (χ2n) is 1.96. The SMILES string of the molecule is N#Cc1cc(Cl)c(Br)c(F)c1F. The summed E-state index contributed by atoms with van der Waals surface area (Å²) in [7, 11) is 0. The van der Waals surface area contributed by atoms with Crippen molar-refractivity contribution in [3.63, 3.8) is 0 Å². The van der Waals surface area contributed by atoms with E-state index in [4.69, 9.17) is 16.9 Å². The summed E-state index contributed by atoms with van der Waals surface area (Å²) < 4.78 is 25.4. The van der Waals surface area contributed by atoms with Gasteiger partial charge in [-0.05, 0) is 22.0 Å². The van der Waals surface area contributed by atoms with Crippen molar-refractivity contribution in [2.75, 3.05) is 0 Å². The van der Waals surface area contributed by atoms with Gasteiger partial charge in [-0.15, -0.1) is 0 Å². The van der Waals surface area contributed by atoms with Gasteiger partial charge in [-0.2, -0.15) is 5.26 Å². The third kappa shape index (κ3) is 1.43. The molecule has 0 saturated carbocycles. The number of hydrogen-bond donors (Lipinski definition) is 0. The molecule has 0 saturated heterocycles. The Hall–Kier alpha value is -0.660. The largest absolute Gasteiger partial charge is 0.202 e. The van der Waals surface area contributed by atoms with Crippen LogP contribution in [-0.2, 0) is 0 Å². The summed E-state index contributed by atoms with van der Waals surface area (Å²) in [5.74, 6) is -2.33. The van der Waals surface area contributed by atoms with Gasteiger partial charge in [-0.25, -0.2) is 8.78 Å². The van der Waals surface area contributed by atoms with E-state index >= 15 is 0 Å². The number of rotatable bonds is 0. The molecule has 12 heavy (non-hydrogen) atoms. The van der Waals surface area contributed by atoms with Crippen LogP contribution in [0.4, 0.5) is 8.78 Å². The Morgan fingerprint density at radius 1 is 1.42 bits per heavy atom. The van der Waals surface area contributed by atoms with E-state index in [1.165, 1.54) is 6.07 Å². The first kappa shape index (κ1) is 9.43. The highest BCUT2D eigenvalue weighted by atomic mass is 79.9. The number of nitriles is 1. The van der Waals surface area contributed by atoms with E-state index in [0.29, 0.717) is 0 Å². The molecule has 0 radical (unpaired) electrons. The Balaban J connectivity index is 3.52. The summed E-state index contributed by atoms with van der Waals surface area (Å²) >= 11 is 8.20. The summed E-state index contributed by atoms with van der Waals surface area (Å²) in [5.41, 5.74) is -0.402. The van der Waals surface area contributed by atoms with Gasteiger partial charge in [0.05, 0.1) is 15.1 Å². The van der Waals surface area contributed by atoms with Crippen LogP contribution in [0, 0.1) is 23.0 Å². The Morgan fingerprint density at radius 3 is 2.50 bits per heavy atom. The molecule has 5 heteroatoms. The molecule has 0 spiro atoms. The first-order chi connectivity index (χ1) is 5.57. The molecule has 0 aromatic heterocycles. The molecule has 0 heterocycles. The van der Waals surface area contributed by atoms with Gasteiger partial charge in [0, 0.05) is 0 Å². The first-order valence-corrected chi connectivity index (χ1v) is 3.98. The quantitative estimate of drug-likeness (QED) is 0.513. The van der Waals surface area contributed by atoms with Crippen molar-refractivity contribution in [3.05, 3.63) is 32.8 Å². The van der Waals surface area contributed by atoms with E-state index in [9.17, 15) is 8.78 Å². The lowest BCUT2D eigenvalue weighted by atomic mass is 10.2. The van der Waals surface area contributed by atoms with Crippen LogP contribution in [-0.4, -0.2) is 0 Å². The van der Waals surface area contributed by atoms with E-state index in [1.807, 2.05) is 0 Å². The maximum absolute atomic E-state index is 12.8. The molecule has 0 aliphatic carbocycles. The fourth-order valence-electron chi connectivity index (χ4n) is 0.654. The third-order valence-corrected chi connectivity index (χ3v) is 2.52. The summed E-state index contributed by atoms with van der Waals surface area (Å²) in [5, 5.41) is 8.30. The van der Waals surface area contributed by atoms with Crippen LogP contribution in [0.25, 0.3) is 0 Å². The first-order valence-electron chi connectivity index (χ1n) is 2.81. The van der Waals surface area contributed by atoms with E-state index in [-0.39, 0.29) is 9.50 Å². The van der Waals surface area contributed by atoms with Crippen LogP contribution in [0.2, 0.25) is 5.02 Å². The molecule has 1 nitrogen and oxygen atoms in total. The predicted octanol–water partition coefficient (Wildman–Crippen LogP) is 3.25. The van der Waals surface area contributed by atoms with Crippen molar-refractivity contribution >= 4 is 27.5 Å². The smallest absolute Gasteiger partial charge is 0.177 e. The predicted molar refractivity (Wildman–Crippen MR) is 43.8 cm³/mol. The summed E-state index contributed by atoms with van der Waals surface area (Å²) in [6.07, 6.45) is 0. The van der Waals surface area contributed by atoms with Crippen molar-refractivity contribution in [3.8, 4) is 6.07 Å². The number of benzene rings is 1. The van der Waals surface area contributed by atoms with Gasteiger partial charge in [0.25, 0.3) is 0 Å². The van der Waals surface area contributed by atoms with Gasteiger partial charge >= 0.3 is 0 Å². The Labute approximate surface area is 80.7 Å². The van der Waals surface area contributed by atoms with Crippen molar-refractivity contribution in [1.82, 2.24) is 0 Å². The minimum absolute atomic E-state index is 0.0227. The van der Waals surface area contributed by atoms with Crippen molar-refractivity contribution < 1.29 is 8.78 Å². The molecule has 0 fully saturated rings. The highest BCUT2D eigenvalue weighted by molar-refractivity contribution is 9.10. The number of halogens is 4. The molecule has 0 aliphatic heterocycles. The standard InChI is InChI=1S/C7HBrClF2N/c8-5-4(9)1-3(2-12)6(10)7(5)11/h1H. The zero-order chi connectivity index (χ0) is 9.30. The van der Waals surface area contributed by atoms with Crippen molar-refractivity contribution in [2.24, 2.45) is 0 Å². The molecular formula is C7HBrClF2N. The summed E-state index contributed by atoms with van der Waals surface area (Å²) in [4.78, 5) is 0. The lowest BCUT2D eigenvalue weighted by Crippen LogP contribution is -1.91. The Kier molecular flexibility index (Phi) is 2.65. The van der Waals surface area contributed by atoms with Crippen LogP contribution >= 0.6 is 27.5 Å². The zero-order valence-electron chi connectivity index (χ0n) is 5.54. The fourth-order valence-corrected chi connectivity index (χ4v) is 1.13. The van der Waals surface area contributed by atoms with Crippen LogP contribution in [0.3, 0.4) is 0 Å². The maximum Gasteiger partial charge on any atom is 0.177 e. The third-order valence-electron chi connectivity index (χ3n) is 1.22. The average molecular weight is 252 g/mol.